The summed E-state index contributed by atoms with van der Waals surface area (Å²) in [6, 6.07) is 10.5. The number of fused-ring (bicyclic) bond motifs is 3. The lowest BCUT2D eigenvalue weighted by atomic mass is 9.85. The molecule has 0 radical (unpaired) electrons. The van der Waals surface area contributed by atoms with Gasteiger partial charge in [-0.15, -0.1) is 0 Å². The molecular weight excluding hydrogens is 936 g/mol. The number of benzene rings is 2. The van der Waals surface area contributed by atoms with Crippen LogP contribution in [-0.4, -0.2) is 211 Å². The third-order valence-corrected chi connectivity index (χ3v) is 13.2. The normalized spacial score (nSPS) is 41.1. The van der Waals surface area contributed by atoms with Gasteiger partial charge in [0.15, 0.2) is 36.5 Å². The van der Waals surface area contributed by atoms with Crippen molar-refractivity contribution in [3.63, 3.8) is 0 Å². The maximum absolute atomic E-state index is 13.4. The van der Waals surface area contributed by atoms with Crippen molar-refractivity contribution in [1.29, 1.82) is 0 Å². The van der Waals surface area contributed by atoms with Gasteiger partial charge in [-0.25, -0.2) is 9.59 Å². The highest BCUT2D eigenvalue weighted by Gasteiger charge is 2.77. The van der Waals surface area contributed by atoms with Crippen molar-refractivity contribution >= 4 is 24.1 Å². The number of phenolic OH excluding ortho intramolecular Hbond substituents is 2. The van der Waals surface area contributed by atoms with Crippen LogP contribution >= 0.6 is 0 Å². The summed E-state index contributed by atoms with van der Waals surface area (Å²) in [7, 11) is 1.50. The molecule has 24 heteroatoms. The SMILES string of the molecule is COc1ccc(/C=C\C(=O)O[C@@H]2[C@@H](O[C@@H]3O[C@H](COC(=O)/C=C/c4ccc(O)c(O)c4)[C@@H](O)[C@H](O)[C@H]3O)[C@@H](O)[C@H](O[C@H]3[C@@H]4C=CO[C@@H](O[C@@H]5O[C@H](CO)[C@@H](O)[C@H](O)[C@H]5O)[C@@H]4[C@@]4(CO)O[C@@H]34)O[C@H]2C)cc1. The van der Waals surface area contributed by atoms with Gasteiger partial charge in [-0.1, -0.05) is 18.2 Å². The minimum Gasteiger partial charge on any atom is -0.504 e. The summed E-state index contributed by atoms with van der Waals surface area (Å²) in [4.78, 5) is 26.1. The number of rotatable bonds is 16. The van der Waals surface area contributed by atoms with Crippen molar-refractivity contribution in [2.75, 3.05) is 26.9 Å². The molecular formula is C46H56O24. The number of phenols is 2. The minimum absolute atomic E-state index is 0.325. The Morgan fingerprint density at radius 1 is 0.671 bits per heavy atom. The van der Waals surface area contributed by atoms with Crippen LogP contribution in [0.4, 0.5) is 0 Å². The Morgan fingerprint density at radius 3 is 1.96 bits per heavy atom. The molecule has 70 heavy (non-hydrogen) atoms. The molecule has 5 aliphatic heterocycles. The van der Waals surface area contributed by atoms with Crippen molar-refractivity contribution in [3.05, 3.63) is 78.1 Å². The average Bonchev–Trinajstić information content (AvgIpc) is 4.03. The Balaban J connectivity index is 1.00. The fourth-order valence-electron chi connectivity index (χ4n) is 9.28. The molecule has 384 valence electrons. The van der Waals surface area contributed by atoms with E-state index in [0.29, 0.717) is 16.9 Å². The second-order valence-corrected chi connectivity index (χ2v) is 17.6. The van der Waals surface area contributed by atoms with E-state index < -0.39 is 166 Å². The van der Waals surface area contributed by atoms with Crippen molar-refractivity contribution in [2.24, 2.45) is 11.8 Å². The van der Waals surface area contributed by atoms with Crippen LogP contribution in [0.1, 0.15) is 18.1 Å². The Labute approximate surface area is 398 Å². The Kier molecular flexibility index (Phi) is 15.8. The first-order valence-electron chi connectivity index (χ1n) is 22.3. The first-order valence-corrected chi connectivity index (χ1v) is 22.3. The molecule has 5 heterocycles. The number of methoxy groups -OCH3 is 1. The molecule has 0 aromatic heterocycles. The van der Waals surface area contributed by atoms with Crippen LogP contribution in [-0.2, 0) is 57.0 Å². The standard InChI is InChI=1S/C46H56O24/c1-19-38(66-29(52)12-6-20-3-8-22(60-2)9-4-20)40(68-43-35(57)34(56)32(54)27(65-43)17-62-28(51)11-7-21-5-10-24(49)25(50)15-21)37(59)45(63-19)67-39-23-13-14-61-42(30(23)46(18-48)41(39)70-46)69-44-36(58)33(55)31(53)26(16-47)64-44/h3-15,19,23,26-27,30-45,47-50,53-59H,16-18H2,1-2H3/b11-7+,12-6-/t19-,23+,26+,27+,30+,31+,32+,33-,34-,35+,36+,37+,38-,39-,40-,41-,42-,43-,44-,45-,46+/m0/s1. The van der Waals surface area contributed by atoms with E-state index >= 15 is 0 Å². The minimum atomic E-state index is -2.01. The quantitative estimate of drug-likeness (QED) is 0.0346. The second-order valence-electron chi connectivity index (χ2n) is 17.6. The number of aliphatic hydroxyl groups is 9. The van der Waals surface area contributed by atoms with E-state index in [4.69, 9.17) is 52.1 Å². The van der Waals surface area contributed by atoms with E-state index in [9.17, 15) is 65.8 Å². The van der Waals surface area contributed by atoms with Gasteiger partial charge in [-0.3, -0.25) is 0 Å². The lowest BCUT2D eigenvalue weighted by molar-refractivity contribution is -0.364. The van der Waals surface area contributed by atoms with Crippen LogP contribution in [0.2, 0.25) is 0 Å². The molecule has 1 saturated carbocycles. The number of hydrogen-bond donors (Lipinski definition) is 11. The zero-order valence-electron chi connectivity index (χ0n) is 37.4. The second kappa shape index (κ2) is 21.5. The monoisotopic (exact) mass is 992 g/mol. The van der Waals surface area contributed by atoms with Gasteiger partial charge in [-0.05, 0) is 60.5 Å². The summed E-state index contributed by atoms with van der Waals surface area (Å²) in [6.45, 7) is -0.545. The molecule has 4 saturated heterocycles. The van der Waals surface area contributed by atoms with Crippen LogP contribution in [0.25, 0.3) is 12.2 Å². The molecule has 2 aromatic carbocycles. The van der Waals surface area contributed by atoms with Crippen LogP contribution in [0, 0.1) is 11.8 Å². The van der Waals surface area contributed by atoms with Gasteiger partial charge in [0.25, 0.3) is 0 Å². The van der Waals surface area contributed by atoms with Gasteiger partial charge in [-0.2, -0.15) is 0 Å². The van der Waals surface area contributed by atoms with E-state index in [2.05, 4.69) is 0 Å². The van der Waals surface area contributed by atoms with Crippen molar-refractivity contribution < 1.29 is 118 Å². The largest absolute Gasteiger partial charge is 0.504 e. The highest BCUT2D eigenvalue weighted by Crippen LogP contribution is 2.61. The topological polar surface area (TPSA) is 362 Å². The summed E-state index contributed by atoms with van der Waals surface area (Å²) in [5, 5.41) is 116. The van der Waals surface area contributed by atoms with Crippen LogP contribution in [0.5, 0.6) is 17.2 Å². The number of ether oxygens (including phenoxy) is 11. The smallest absolute Gasteiger partial charge is 0.331 e. The predicted molar refractivity (Wildman–Crippen MR) is 229 cm³/mol. The van der Waals surface area contributed by atoms with E-state index in [1.165, 1.54) is 50.6 Å². The highest BCUT2D eigenvalue weighted by molar-refractivity contribution is 5.87. The van der Waals surface area contributed by atoms with Crippen molar-refractivity contribution in [2.45, 2.75) is 123 Å². The number of carbonyl (C=O) groups is 2. The molecule has 0 amide bonds. The number of carbonyl (C=O) groups excluding carboxylic acids is 2. The predicted octanol–water partition coefficient (Wildman–Crippen LogP) is -2.97. The summed E-state index contributed by atoms with van der Waals surface area (Å²) < 4.78 is 64.0. The number of aliphatic hydroxyl groups excluding tert-OH is 9. The lowest BCUT2D eigenvalue weighted by Gasteiger charge is -2.47. The summed E-state index contributed by atoms with van der Waals surface area (Å²) in [5.41, 5.74) is -0.460. The molecule has 0 bridgehead atoms. The first kappa shape index (κ1) is 51.5. The van der Waals surface area contributed by atoms with E-state index in [0.717, 1.165) is 12.2 Å². The average molecular weight is 993 g/mol. The zero-order chi connectivity index (χ0) is 50.2. The number of esters is 2. The Morgan fingerprint density at radius 2 is 1.29 bits per heavy atom. The van der Waals surface area contributed by atoms with Gasteiger partial charge in [0.1, 0.15) is 85.1 Å². The Hall–Kier alpha value is -4.84. The van der Waals surface area contributed by atoms with Gasteiger partial charge in [0, 0.05) is 18.1 Å². The Bertz CT molecular complexity index is 2220. The molecule has 21 atom stereocenters. The van der Waals surface area contributed by atoms with Crippen molar-refractivity contribution in [1.82, 2.24) is 0 Å². The maximum atomic E-state index is 13.4. The summed E-state index contributed by atoms with van der Waals surface area (Å²) in [6.07, 6.45) is -21.0. The molecule has 0 unspecified atom stereocenters. The van der Waals surface area contributed by atoms with Crippen molar-refractivity contribution in [3.8, 4) is 17.2 Å². The van der Waals surface area contributed by atoms with E-state index in [-0.39, 0.29) is 5.75 Å². The molecule has 6 aliphatic rings. The fourth-order valence-corrected chi connectivity index (χ4v) is 9.28. The number of hydrogen-bond acceptors (Lipinski definition) is 24. The molecule has 1 aliphatic carbocycles. The number of aromatic hydroxyl groups is 2. The fraction of sp³-hybridized carbons (Fsp3) is 0.565. The summed E-state index contributed by atoms with van der Waals surface area (Å²) >= 11 is 0. The molecule has 0 spiro atoms. The number of epoxide rings is 1. The lowest BCUT2D eigenvalue weighted by Crippen LogP contribution is -2.65. The zero-order valence-corrected chi connectivity index (χ0v) is 37.4. The molecule has 5 fully saturated rings. The van der Waals surface area contributed by atoms with Gasteiger partial charge in [0.2, 0.25) is 6.29 Å². The molecule has 24 nitrogen and oxygen atoms in total. The molecule has 11 N–H and O–H groups in total. The third kappa shape index (κ3) is 10.4. The third-order valence-electron chi connectivity index (χ3n) is 13.2. The van der Waals surface area contributed by atoms with E-state index in [1.54, 1.807) is 30.3 Å². The highest BCUT2D eigenvalue weighted by atomic mass is 16.8. The van der Waals surface area contributed by atoms with Crippen LogP contribution < -0.4 is 4.74 Å². The van der Waals surface area contributed by atoms with Gasteiger partial charge < -0.3 is 108 Å². The maximum Gasteiger partial charge on any atom is 0.331 e. The van der Waals surface area contributed by atoms with E-state index in [1.807, 2.05) is 0 Å². The van der Waals surface area contributed by atoms with Gasteiger partial charge >= 0.3 is 11.9 Å². The molecule has 2 aromatic rings. The van der Waals surface area contributed by atoms with Crippen LogP contribution in [0.15, 0.2) is 67.0 Å². The first-order chi connectivity index (χ1) is 33.5. The van der Waals surface area contributed by atoms with Crippen LogP contribution in [0.3, 0.4) is 0 Å². The van der Waals surface area contributed by atoms with Gasteiger partial charge in [0.05, 0.1) is 44.7 Å². The summed E-state index contributed by atoms with van der Waals surface area (Å²) in [5.74, 6) is -3.74. The molecule has 8 rings (SSSR count).